The summed E-state index contributed by atoms with van der Waals surface area (Å²) in [4.78, 5) is 16.0. The zero-order valence-corrected chi connectivity index (χ0v) is 9.85. The van der Waals surface area contributed by atoms with E-state index in [-0.39, 0.29) is 12.5 Å². The largest absolute Gasteiger partial charge is 0.349 e. The Morgan fingerprint density at radius 1 is 1.59 bits per heavy atom. The van der Waals surface area contributed by atoms with E-state index in [1.165, 1.54) is 0 Å². The molecule has 8 heteroatoms. The third kappa shape index (κ3) is 3.33. The lowest BCUT2D eigenvalue weighted by molar-refractivity contribution is -0.119. The van der Waals surface area contributed by atoms with Crippen molar-refractivity contribution in [2.75, 3.05) is 6.54 Å². The molecule has 0 aliphatic rings. The Morgan fingerprint density at radius 3 is 3.18 bits per heavy atom. The molecule has 0 fully saturated rings. The van der Waals surface area contributed by atoms with Crippen LogP contribution in [-0.4, -0.2) is 32.4 Å². The fourth-order valence-corrected chi connectivity index (χ4v) is 1.82. The number of rotatable bonds is 5. The van der Waals surface area contributed by atoms with Gasteiger partial charge in [0, 0.05) is 11.1 Å². The Labute approximate surface area is 102 Å². The van der Waals surface area contributed by atoms with Crippen molar-refractivity contribution in [3.63, 3.8) is 0 Å². The first-order chi connectivity index (χ1) is 8.28. The molecule has 0 saturated heterocycles. The van der Waals surface area contributed by atoms with Crippen LogP contribution in [0.4, 0.5) is 0 Å². The van der Waals surface area contributed by atoms with Gasteiger partial charge in [-0.15, -0.1) is 16.4 Å². The number of thiazole rings is 1. The van der Waals surface area contributed by atoms with Crippen LogP contribution in [0.3, 0.4) is 0 Å². The van der Waals surface area contributed by atoms with E-state index in [1.54, 1.807) is 33.9 Å². The van der Waals surface area contributed by atoms with Gasteiger partial charge in [0.2, 0.25) is 5.91 Å². The lowest BCUT2D eigenvalue weighted by Crippen LogP contribution is -2.29. The van der Waals surface area contributed by atoms with Crippen molar-refractivity contribution in [3.8, 4) is 0 Å². The van der Waals surface area contributed by atoms with Crippen molar-refractivity contribution < 1.29 is 4.79 Å². The van der Waals surface area contributed by atoms with Gasteiger partial charge in [-0.25, -0.2) is 4.68 Å². The maximum absolute atomic E-state index is 11.0. The van der Waals surface area contributed by atoms with Crippen LogP contribution in [0, 0.1) is 0 Å². The van der Waals surface area contributed by atoms with Gasteiger partial charge in [-0.05, 0) is 0 Å². The van der Waals surface area contributed by atoms with E-state index < -0.39 is 0 Å². The molecule has 3 N–H and O–H groups in total. The summed E-state index contributed by atoms with van der Waals surface area (Å²) in [5.41, 5.74) is 7.65. The summed E-state index contributed by atoms with van der Waals surface area (Å²) in [5, 5.41) is 10.5. The summed E-state index contributed by atoms with van der Waals surface area (Å²) in [6.45, 7) is 0.968. The van der Waals surface area contributed by atoms with Gasteiger partial charge in [0.25, 0.3) is 0 Å². The van der Waals surface area contributed by atoms with Gasteiger partial charge in [-0.1, -0.05) is 5.21 Å². The van der Waals surface area contributed by atoms with E-state index in [0.717, 1.165) is 4.88 Å². The highest BCUT2D eigenvalue weighted by molar-refractivity contribution is 7.09. The molecule has 2 rings (SSSR count). The average Bonchev–Trinajstić information content (AvgIpc) is 2.98. The molecule has 7 nitrogen and oxygen atoms in total. The van der Waals surface area contributed by atoms with Gasteiger partial charge < -0.3 is 11.1 Å². The summed E-state index contributed by atoms with van der Waals surface area (Å²) in [7, 11) is 0. The lowest BCUT2D eigenvalue weighted by atomic mass is 10.4. The third-order valence-electron chi connectivity index (χ3n) is 2.04. The fraction of sp³-hybridized carbons (Fsp3) is 0.333. The Kier molecular flexibility index (Phi) is 3.78. The predicted molar refractivity (Wildman–Crippen MR) is 62.1 cm³/mol. The first-order valence-electron chi connectivity index (χ1n) is 5.01. The number of nitrogens with two attached hydrogens (primary N) is 1. The van der Waals surface area contributed by atoms with Crippen molar-refractivity contribution >= 4 is 17.2 Å². The summed E-state index contributed by atoms with van der Waals surface area (Å²) < 4.78 is 1.71. The minimum Gasteiger partial charge on any atom is -0.349 e. The standard InChI is InChI=1S/C9H12N6OS/c10-1-9(16)12-2-7-4-15(14-13-7)5-8-3-11-6-17-8/h3-4,6H,1-2,5,10H2,(H,12,16). The van der Waals surface area contributed by atoms with Crippen molar-refractivity contribution in [3.05, 3.63) is 28.5 Å². The van der Waals surface area contributed by atoms with E-state index in [4.69, 9.17) is 5.73 Å². The van der Waals surface area contributed by atoms with Crippen LogP contribution >= 0.6 is 11.3 Å². The van der Waals surface area contributed by atoms with Crippen LogP contribution in [0.15, 0.2) is 17.9 Å². The van der Waals surface area contributed by atoms with Gasteiger partial charge in [0.1, 0.15) is 5.69 Å². The summed E-state index contributed by atoms with van der Waals surface area (Å²) in [6.07, 6.45) is 3.58. The molecule has 0 saturated carbocycles. The molecule has 2 heterocycles. The molecule has 17 heavy (non-hydrogen) atoms. The normalized spacial score (nSPS) is 10.4. The number of carbonyl (C=O) groups excluding carboxylic acids is 1. The molecule has 0 bridgehead atoms. The van der Waals surface area contributed by atoms with Gasteiger partial charge in [-0.3, -0.25) is 9.78 Å². The molecule has 0 aromatic carbocycles. The molecule has 2 aromatic heterocycles. The second-order valence-electron chi connectivity index (χ2n) is 3.36. The molecule has 0 aliphatic carbocycles. The summed E-state index contributed by atoms with van der Waals surface area (Å²) in [6, 6.07) is 0. The molecule has 0 spiro atoms. The van der Waals surface area contributed by atoms with Crippen LogP contribution in [-0.2, 0) is 17.9 Å². The summed E-state index contributed by atoms with van der Waals surface area (Å²) in [5.74, 6) is -0.206. The Morgan fingerprint density at radius 2 is 2.47 bits per heavy atom. The zero-order chi connectivity index (χ0) is 12.1. The van der Waals surface area contributed by atoms with Crippen LogP contribution in [0.1, 0.15) is 10.6 Å². The monoisotopic (exact) mass is 252 g/mol. The summed E-state index contributed by atoms with van der Waals surface area (Å²) >= 11 is 1.56. The highest BCUT2D eigenvalue weighted by atomic mass is 32.1. The van der Waals surface area contributed by atoms with E-state index in [0.29, 0.717) is 18.8 Å². The minimum absolute atomic E-state index is 0.0188. The van der Waals surface area contributed by atoms with Crippen LogP contribution < -0.4 is 11.1 Å². The Bertz CT molecular complexity index is 479. The smallest absolute Gasteiger partial charge is 0.234 e. The van der Waals surface area contributed by atoms with E-state index in [9.17, 15) is 4.79 Å². The van der Waals surface area contributed by atoms with Crippen molar-refractivity contribution in [1.82, 2.24) is 25.3 Å². The van der Waals surface area contributed by atoms with Crippen molar-refractivity contribution in [2.45, 2.75) is 13.1 Å². The number of nitrogens with one attached hydrogen (secondary N) is 1. The van der Waals surface area contributed by atoms with Crippen LogP contribution in [0.5, 0.6) is 0 Å². The van der Waals surface area contributed by atoms with E-state index >= 15 is 0 Å². The maximum atomic E-state index is 11.0. The quantitative estimate of drug-likeness (QED) is 0.737. The molecule has 90 valence electrons. The number of hydrogen-bond acceptors (Lipinski definition) is 6. The Hall–Kier alpha value is -1.80. The van der Waals surface area contributed by atoms with Gasteiger partial charge in [0.15, 0.2) is 0 Å². The van der Waals surface area contributed by atoms with Gasteiger partial charge >= 0.3 is 0 Å². The number of nitrogens with zero attached hydrogens (tertiary/aromatic N) is 4. The van der Waals surface area contributed by atoms with Crippen LogP contribution in [0.2, 0.25) is 0 Å². The first kappa shape index (κ1) is 11.7. The first-order valence-corrected chi connectivity index (χ1v) is 5.89. The van der Waals surface area contributed by atoms with Gasteiger partial charge in [0.05, 0.1) is 31.3 Å². The number of amides is 1. The average molecular weight is 252 g/mol. The van der Waals surface area contributed by atoms with Crippen LogP contribution in [0.25, 0.3) is 0 Å². The molecular weight excluding hydrogens is 240 g/mol. The second-order valence-corrected chi connectivity index (χ2v) is 4.33. The molecule has 0 radical (unpaired) electrons. The molecular formula is C9H12N6OS. The van der Waals surface area contributed by atoms with Gasteiger partial charge in [-0.2, -0.15) is 0 Å². The molecule has 0 aliphatic heterocycles. The van der Waals surface area contributed by atoms with E-state index in [1.807, 2.05) is 0 Å². The highest BCUT2D eigenvalue weighted by Gasteiger charge is 2.04. The molecule has 2 aromatic rings. The SMILES string of the molecule is NCC(=O)NCc1cn(Cc2cncs2)nn1. The topological polar surface area (TPSA) is 98.7 Å². The maximum Gasteiger partial charge on any atom is 0.234 e. The number of hydrogen-bond donors (Lipinski definition) is 2. The zero-order valence-electron chi connectivity index (χ0n) is 9.04. The highest BCUT2D eigenvalue weighted by Crippen LogP contribution is 2.07. The second kappa shape index (κ2) is 5.51. The van der Waals surface area contributed by atoms with E-state index in [2.05, 4.69) is 20.6 Å². The van der Waals surface area contributed by atoms with Crippen molar-refractivity contribution in [1.29, 1.82) is 0 Å². The minimum atomic E-state index is -0.206. The number of carbonyl (C=O) groups is 1. The molecule has 0 unspecified atom stereocenters. The number of aromatic nitrogens is 4. The Balaban J connectivity index is 1.90. The third-order valence-corrected chi connectivity index (χ3v) is 2.80. The molecule has 1 amide bonds. The molecule has 0 atom stereocenters. The van der Waals surface area contributed by atoms with Crippen molar-refractivity contribution in [2.24, 2.45) is 5.73 Å². The fourth-order valence-electron chi connectivity index (χ4n) is 1.24. The predicted octanol–water partition coefficient (Wildman–Crippen LogP) is -0.642. The lowest BCUT2D eigenvalue weighted by Gasteiger charge is -1.98.